The number of imidazole rings is 1. The number of rotatable bonds is 6. The van der Waals surface area contributed by atoms with E-state index in [1.807, 2.05) is 0 Å². The highest BCUT2D eigenvalue weighted by atomic mass is 19.4. The number of carbonyl (C=O) groups is 1. The van der Waals surface area contributed by atoms with Crippen LogP contribution in [0.25, 0.3) is 0 Å². The second-order valence-electron chi connectivity index (χ2n) is 4.45. The molecule has 0 aliphatic rings. The largest absolute Gasteiger partial charge is 0.469 e. The van der Waals surface area contributed by atoms with Crippen molar-refractivity contribution in [3.63, 3.8) is 0 Å². The lowest BCUT2D eigenvalue weighted by Gasteiger charge is -2.21. The molecule has 0 radical (unpaired) electrons. The van der Waals surface area contributed by atoms with Gasteiger partial charge in [-0.15, -0.1) is 0 Å². The van der Waals surface area contributed by atoms with Crippen LogP contribution >= 0.6 is 0 Å². The first kappa shape index (κ1) is 15.1. The highest BCUT2D eigenvalue weighted by Crippen LogP contribution is 2.32. The number of nitrogens with zero attached hydrogens (tertiary/aromatic N) is 2. The number of carbonyl (C=O) groups excluding carboxylic acids is 1. The predicted octanol–water partition coefficient (Wildman–Crippen LogP) is 2.33. The minimum Gasteiger partial charge on any atom is -0.469 e. The number of alkyl halides is 3. The SMILES string of the molecule is O=C(CC(n1ccnc1)C(F)(F)F)NCCc1ccco1. The van der Waals surface area contributed by atoms with Crippen molar-refractivity contribution < 1.29 is 22.4 Å². The fourth-order valence-electron chi connectivity index (χ4n) is 1.87. The Morgan fingerprint density at radius 2 is 2.29 bits per heavy atom. The van der Waals surface area contributed by atoms with E-state index in [0.717, 1.165) is 10.9 Å². The van der Waals surface area contributed by atoms with E-state index in [2.05, 4.69) is 10.3 Å². The number of nitrogens with one attached hydrogen (secondary N) is 1. The van der Waals surface area contributed by atoms with Gasteiger partial charge in [-0.1, -0.05) is 0 Å². The maximum atomic E-state index is 12.9. The molecule has 0 aliphatic carbocycles. The summed E-state index contributed by atoms with van der Waals surface area (Å²) in [6.07, 6.45) is 0.212. The predicted molar refractivity (Wildman–Crippen MR) is 67.4 cm³/mol. The lowest BCUT2D eigenvalue weighted by molar-refractivity contribution is -0.172. The van der Waals surface area contributed by atoms with E-state index in [1.54, 1.807) is 12.1 Å². The molecular formula is C13H14F3N3O2. The molecular weight excluding hydrogens is 287 g/mol. The molecule has 0 fully saturated rings. The van der Waals surface area contributed by atoms with Crippen LogP contribution < -0.4 is 5.32 Å². The van der Waals surface area contributed by atoms with Gasteiger partial charge in [0.05, 0.1) is 19.0 Å². The monoisotopic (exact) mass is 301 g/mol. The average Bonchev–Trinajstić information content (AvgIpc) is 3.07. The highest BCUT2D eigenvalue weighted by molar-refractivity contribution is 5.76. The molecule has 1 unspecified atom stereocenters. The quantitative estimate of drug-likeness (QED) is 0.891. The van der Waals surface area contributed by atoms with Gasteiger partial charge in [-0.2, -0.15) is 13.2 Å². The molecule has 2 aromatic rings. The number of hydrogen-bond acceptors (Lipinski definition) is 3. The van der Waals surface area contributed by atoms with Gasteiger partial charge in [-0.05, 0) is 12.1 Å². The Labute approximate surface area is 118 Å². The molecule has 2 heterocycles. The van der Waals surface area contributed by atoms with Crippen LogP contribution in [0.3, 0.4) is 0 Å². The van der Waals surface area contributed by atoms with Crippen molar-refractivity contribution in [2.24, 2.45) is 0 Å². The van der Waals surface area contributed by atoms with E-state index in [0.29, 0.717) is 12.2 Å². The first-order valence-corrected chi connectivity index (χ1v) is 6.30. The zero-order valence-electron chi connectivity index (χ0n) is 11.0. The van der Waals surface area contributed by atoms with Gasteiger partial charge in [0.2, 0.25) is 5.91 Å². The summed E-state index contributed by atoms with van der Waals surface area (Å²) in [5, 5.41) is 2.45. The second-order valence-corrected chi connectivity index (χ2v) is 4.45. The van der Waals surface area contributed by atoms with Crippen LogP contribution in [0.1, 0.15) is 18.2 Å². The zero-order valence-corrected chi connectivity index (χ0v) is 11.0. The van der Waals surface area contributed by atoms with Crippen LogP contribution in [0.15, 0.2) is 41.5 Å². The van der Waals surface area contributed by atoms with Gasteiger partial charge < -0.3 is 14.3 Å². The van der Waals surface area contributed by atoms with E-state index >= 15 is 0 Å². The smallest absolute Gasteiger partial charge is 0.409 e. The molecule has 2 rings (SSSR count). The van der Waals surface area contributed by atoms with Crippen LogP contribution in [0.2, 0.25) is 0 Å². The molecule has 0 saturated heterocycles. The average molecular weight is 301 g/mol. The summed E-state index contributed by atoms with van der Waals surface area (Å²) in [6, 6.07) is 1.52. The van der Waals surface area contributed by atoms with Gasteiger partial charge in [0.1, 0.15) is 11.8 Å². The number of amides is 1. The number of aromatic nitrogens is 2. The molecule has 0 aromatic carbocycles. The topological polar surface area (TPSA) is 60.1 Å². The van der Waals surface area contributed by atoms with Crippen molar-refractivity contribution in [2.75, 3.05) is 6.54 Å². The molecule has 8 heteroatoms. The summed E-state index contributed by atoms with van der Waals surface area (Å²) in [5.74, 6) is -0.00476. The van der Waals surface area contributed by atoms with Crippen molar-refractivity contribution in [1.29, 1.82) is 0 Å². The normalized spacial score (nSPS) is 13.1. The van der Waals surface area contributed by atoms with Gasteiger partial charge in [0.25, 0.3) is 0 Å². The fourth-order valence-corrected chi connectivity index (χ4v) is 1.87. The molecule has 5 nitrogen and oxygen atoms in total. The van der Waals surface area contributed by atoms with E-state index in [4.69, 9.17) is 4.42 Å². The molecule has 21 heavy (non-hydrogen) atoms. The first-order valence-electron chi connectivity index (χ1n) is 6.30. The molecule has 114 valence electrons. The molecule has 0 saturated carbocycles. The number of halogens is 3. The Balaban J connectivity index is 1.87. The Morgan fingerprint density at radius 1 is 1.48 bits per heavy atom. The van der Waals surface area contributed by atoms with Gasteiger partial charge in [-0.3, -0.25) is 4.79 Å². The van der Waals surface area contributed by atoms with Gasteiger partial charge in [-0.25, -0.2) is 4.98 Å². The first-order chi connectivity index (χ1) is 9.97. The van der Waals surface area contributed by atoms with Crippen LogP contribution in [0.4, 0.5) is 13.2 Å². The number of hydrogen-bond donors (Lipinski definition) is 1. The molecule has 0 aliphatic heterocycles. The molecule has 2 aromatic heterocycles. The standard InChI is InChI=1S/C13H14F3N3O2/c14-13(15,16)11(19-6-5-17-9-19)8-12(20)18-4-3-10-2-1-7-21-10/h1-2,5-7,9,11H,3-4,8H2,(H,18,20). The number of furan rings is 1. The molecule has 0 bridgehead atoms. The second kappa shape index (κ2) is 6.47. The third kappa shape index (κ3) is 4.37. The molecule has 0 spiro atoms. The van der Waals surface area contributed by atoms with E-state index < -0.39 is 24.5 Å². The lowest BCUT2D eigenvalue weighted by atomic mass is 10.2. The van der Waals surface area contributed by atoms with Crippen LogP contribution in [-0.2, 0) is 11.2 Å². The summed E-state index contributed by atoms with van der Waals surface area (Å²) in [4.78, 5) is 15.2. The van der Waals surface area contributed by atoms with Crippen LogP contribution in [0.5, 0.6) is 0 Å². The molecule has 1 N–H and O–H groups in total. The van der Waals surface area contributed by atoms with E-state index in [1.165, 1.54) is 18.7 Å². The Bertz CT molecular complexity index is 550. The maximum absolute atomic E-state index is 12.9. The Hall–Kier alpha value is -2.25. The van der Waals surface area contributed by atoms with Crippen molar-refractivity contribution in [3.8, 4) is 0 Å². The zero-order chi connectivity index (χ0) is 15.3. The van der Waals surface area contributed by atoms with Crippen LogP contribution in [0, 0.1) is 0 Å². The third-order valence-corrected chi connectivity index (χ3v) is 2.92. The van der Waals surface area contributed by atoms with Crippen molar-refractivity contribution in [3.05, 3.63) is 42.9 Å². The summed E-state index contributed by atoms with van der Waals surface area (Å²) in [7, 11) is 0. The van der Waals surface area contributed by atoms with Crippen LogP contribution in [-0.4, -0.2) is 28.2 Å². The van der Waals surface area contributed by atoms with Gasteiger partial charge >= 0.3 is 6.18 Å². The summed E-state index contributed by atoms with van der Waals surface area (Å²) >= 11 is 0. The lowest BCUT2D eigenvalue weighted by Crippen LogP contribution is -2.34. The minimum atomic E-state index is -4.51. The summed E-state index contributed by atoms with van der Waals surface area (Å²) in [6.45, 7) is 0.223. The summed E-state index contributed by atoms with van der Waals surface area (Å²) < 4.78 is 44.8. The van der Waals surface area contributed by atoms with E-state index in [-0.39, 0.29) is 6.54 Å². The third-order valence-electron chi connectivity index (χ3n) is 2.92. The Kier molecular flexibility index (Phi) is 4.66. The molecule has 1 atom stereocenters. The van der Waals surface area contributed by atoms with Crippen molar-refractivity contribution in [2.45, 2.75) is 25.1 Å². The Morgan fingerprint density at radius 3 is 2.86 bits per heavy atom. The maximum Gasteiger partial charge on any atom is 0.409 e. The summed E-state index contributed by atoms with van der Waals surface area (Å²) in [5.41, 5.74) is 0. The van der Waals surface area contributed by atoms with E-state index in [9.17, 15) is 18.0 Å². The highest BCUT2D eigenvalue weighted by Gasteiger charge is 2.42. The fraction of sp³-hybridized carbons (Fsp3) is 0.385. The van der Waals surface area contributed by atoms with Crippen molar-refractivity contribution in [1.82, 2.24) is 14.9 Å². The van der Waals surface area contributed by atoms with Gasteiger partial charge in [0, 0.05) is 25.4 Å². The van der Waals surface area contributed by atoms with Gasteiger partial charge in [0.15, 0.2) is 0 Å². The molecule has 1 amide bonds. The van der Waals surface area contributed by atoms with Crippen molar-refractivity contribution >= 4 is 5.91 Å². The minimum absolute atomic E-state index is 0.223.